The molecule has 2 nitrogen and oxygen atoms in total. The van der Waals surface area contributed by atoms with Crippen LogP contribution in [-0.2, 0) is 0 Å². The maximum absolute atomic E-state index is 3.78. The van der Waals surface area contributed by atoms with Gasteiger partial charge in [-0.25, -0.2) is 0 Å². The van der Waals surface area contributed by atoms with Gasteiger partial charge in [-0.1, -0.05) is 19.8 Å². The Labute approximate surface area is 113 Å². The highest BCUT2D eigenvalue weighted by Gasteiger charge is 2.38. The van der Waals surface area contributed by atoms with Crippen LogP contribution in [0.3, 0.4) is 0 Å². The first-order valence-electron chi connectivity index (χ1n) is 8.37. The van der Waals surface area contributed by atoms with Crippen LogP contribution in [0.1, 0.15) is 64.7 Å². The predicted molar refractivity (Wildman–Crippen MR) is 76.8 cm³/mol. The van der Waals surface area contributed by atoms with Gasteiger partial charge in [-0.2, -0.15) is 0 Å². The van der Waals surface area contributed by atoms with Crippen molar-refractivity contribution in [2.75, 3.05) is 13.1 Å². The van der Waals surface area contributed by atoms with Crippen LogP contribution in [-0.4, -0.2) is 36.1 Å². The second kappa shape index (κ2) is 5.92. The van der Waals surface area contributed by atoms with Crippen molar-refractivity contribution in [3.05, 3.63) is 0 Å². The first-order chi connectivity index (χ1) is 8.88. The molecule has 0 aromatic heterocycles. The summed E-state index contributed by atoms with van der Waals surface area (Å²) < 4.78 is 0. The highest BCUT2D eigenvalue weighted by molar-refractivity contribution is 4.93. The monoisotopic (exact) mass is 250 g/mol. The minimum absolute atomic E-state index is 0.821. The number of nitrogens with zero attached hydrogens (tertiary/aromatic N) is 1. The van der Waals surface area contributed by atoms with E-state index in [0.717, 1.165) is 24.0 Å². The minimum Gasteiger partial charge on any atom is -0.312 e. The lowest BCUT2D eigenvalue weighted by molar-refractivity contribution is 0.0622. The normalized spacial score (nSPS) is 34.5. The molecule has 1 saturated heterocycles. The first kappa shape index (κ1) is 12.9. The van der Waals surface area contributed by atoms with E-state index in [1.165, 1.54) is 70.9 Å². The summed E-state index contributed by atoms with van der Waals surface area (Å²) in [5, 5.41) is 3.78. The van der Waals surface area contributed by atoms with E-state index in [9.17, 15) is 0 Å². The van der Waals surface area contributed by atoms with Gasteiger partial charge in [-0.05, 0) is 57.4 Å². The minimum atomic E-state index is 0.821. The summed E-state index contributed by atoms with van der Waals surface area (Å²) in [6.07, 6.45) is 13.0. The average Bonchev–Trinajstić information content (AvgIpc) is 3.09. The Kier molecular flexibility index (Phi) is 4.25. The molecule has 0 aromatic carbocycles. The molecule has 3 rings (SSSR count). The fraction of sp³-hybridized carbons (Fsp3) is 1.00. The third kappa shape index (κ3) is 2.91. The third-order valence-electron chi connectivity index (χ3n) is 5.35. The molecule has 0 bridgehead atoms. The van der Waals surface area contributed by atoms with Crippen LogP contribution in [0.15, 0.2) is 0 Å². The van der Waals surface area contributed by atoms with Crippen molar-refractivity contribution >= 4 is 0 Å². The molecule has 3 aliphatic rings. The molecule has 104 valence electrons. The van der Waals surface area contributed by atoms with Crippen LogP contribution >= 0.6 is 0 Å². The Morgan fingerprint density at radius 3 is 2.72 bits per heavy atom. The predicted octanol–water partition coefficient (Wildman–Crippen LogP) is 3.17. The molecule has 0 spiro atoms. The van der Waals surface area contributed by atoms with Gasteiger partial charge in [0.05, 0.1) is 0 Å². The van der Waals surface area contributed by atoms with Crippen molar-refractivity contribution in [1.29, 1.82) is 0 Å². The first-order valence-corrected chi connectivity index (χ1v) is 8.37. The molecule has 3 atom stereocenters. The number of piperidine rings is 1. The number of nitrogens with one attached hydrogen (secondary N) is 1. The molecule has 0 amide bonds. The molecule has 1 aliphatic heterocycles. The van der Waals surface area contributed by atoms with Crippen LogP contribution in [0, 0.1) is 5.92 Å². The van der Waals surface area contributed by atoms with E-state index < -0.39 is 0 Å². The van der Waals surface area contributed by atoms with Crippen LogP contribution in [0.25, 0.3) is 0 Å². The van der Waals surface area contributed by atoms with E-state index in [4.69, 9.17) is 0 Å². The van der Waals surface area contributed by atoms with Gasteiger partial charge in [0.15, 0.2) is 0 Å². The van der Waals surface area contributed by atoms with Crippen LogP contribution in [0.4, 0.5) is 0 Å². The molecule has 3 fully saturated rings. The molecule has 1 heterocycles. The van der Waals surface area contributed by atoms with E-state index in [-0.39, 0.29) is 0 Å². The maximum Gasteiger partial charge on any atom is 0.0223 e. The summed E-state index contributed by atoms with van der Waals surface area (Å²) in [6, 6.07) is 2.63. The molecule has 2 aliphatic carbocycles. The fourth-order valence-electron chi connectivity index (χ4n) is 4.25. The fourth-order valence-corrected chi connectivity index (χ4v) is 4.25. The number of hydrogen-bond donors (Lipinski definition) is 1. The van der Waals surface area contributed by atoms with Gasteiger partial charge >= 0.3 is 0 Å². The molecule has 2 heteroatoms. The molecule has 2 saturated carbocycles. The molecular formula is C16H30N2. The Balaban J connectivity index is 1.59. The Morgan fingerprint density at radius 1 is 1.11 bits per heavy atom. The zero-order valence-corrected chi connectivity index (χ0v) is 12.0. The van der Waals surface area contributed by atoms with Crippen molar-refractivity contribution in [2.45, 2.75) is 82.8 Å². The molecular weight excluding hydrogens is 220 g/mol. The van der Waals surface area contributed by atoms with Crippen molar-refractivity contribution in [3.63, 3.8) is 0 Å². The second-order valence-electron chi connectivity index (χ2n) is 6.76. The summed E-state index contributed by atoms with van der Waals surface area (Å²) >= 11 is 0. The molecule has 1 N–H and O–H groups in total. The lowest BCUT2D eigenvalue weighted by Gasteiger charge is -2.43. The van der Waals surface area contributed by atoms with E-state index in [0.29, 0.717) is 0 Å². The van der Waals surface area contributed by atoms with Crippen molar-refractivity contribution in [3.8, 4) is 0 Å². The second-order valence-corrected chi connectivity index (χ2v) is 6.76. The highest BCUT2D eigenvalue weighted by Crippen LogP contribution is 2.38. The van der Waals surface area contributed by atoms with Gasteiger partial charge in [0.1, 0.15) is 0 Å². The van der Waals surface area contributed by atoms with Crippen molar-refractivity contribution < 1.29 is 0 Å². The van der Waals surface area contributed by atoms with Gasteiger partial charge in [0.25, 0.3) is 0 Å². The van der Waals surface area contributed by atoms with Crippen LogP contribution in [0.2, 0.25) is 0 Å². The van der Waals surface area contributed by atoms with E-state index in [1.807, 2.05) is 0 Å². The van der Waals surface area contributed by atoms with Gasteiger partial charge in [-0.3, -0.25) is 4.90 Å². The highest BCUT2D eigenvalue weighted by atomic mass is 15.2. The smallest absolute Gasteiger partial charge is 0.0223 e. The van der Waals surface area contributed by atoms with E-state index in [1.54, 1.807) is 0 Å². The largest absolute Gasteiger partial charge is 0.312 e. The van der Waals surface area contributed by atoms with Crippen LogP contribution in [0.5, 0.6) is 0 Å². The Bertz CT molecular complexity index is 262. The summed E-state index contributed by atoms with van der Waals surface area (Å²) in [7, 11) is 0. The standard InChI is InChI=1S/C16H30N2/c1-2-5-15(12-17-14-9-10-14)18-11-4-7-13-6-3-8-16(13)18/h13-17H,2-12H2,1H3. The summed E-state index contributed by atoms with van der Waals surface area (Å²) in [6.45, 7) is 4.97. The van der Waals surface area contributed by atoms with Crippen molar-refractivity contribution in [2.24, 2.45) is 5.92 Å². The summed E-state index contributed by atoms with van der Waals surface area (Å²) in [4.78, 5) is 2.90. The summed E-state index contributed by atoms with van der Waals surface area (Å²) in [5.74, 6) is 1.04. The maximum atomic E-state index is 3.78. The van der Waals surface area contributed by atoms with Crippen LogP contribution < -0.4 is 5.32 Å². The average molecular weight is 250 g/mol. The lowest BCUT2D eigenvalue weighted by Crippen LogP contribution is -2.52. The number of hydrogen-bond acceptors (Lipinski definition) is 2. The van der Waals surface area contributed by atoms with Gasteiger partial charge in [-0.15, -0.1) is 0 Å². The molecule has 18 heavy (non-hydrogen) atoms. The topological polar surface area (TPSA) is 15.3 Å². The quantitative estimate of drug-likeness (QED) is 0.779. The lowest BCUT2D eigenvalue weighted by atomic mass is 9.90. The van der Waals surface area contributed by atoms with Crippen molar-refractivity contribution in [1.82, 2.24) is 10.2 Å². The van der Waals surface area contributed by atoms with Gasteiger partial charge < -0.3 is 5.32 Å². The number of fused-ring (bicyclic) bond motifs is 1. The SMILES string of the molecule is CCCC(CNC1CC1)N1CCCC2CCCC21. The van der Waals surface area contributed by atoms with Gasteiger partial charge in [0.2, 0.25) is 0 Å². The van der Waals surface area contributed by atoms with E-state index in [2.05, 4.69) is 17.1 Å². The third-order valence-corrected chi connectivity index (χ3v) is 5.35. The number of rotatable bonds is 6. The van der Waals surface area contributed by atoms with E-state index >= 15 is 0 Å². The molecule has 0 radical (unpaired) electrons. The summed E-state index contributed by atoms with van der Waals surface area (Å²) in [5.41, 5.74) is 0. The molecule has 3 unspecified atom stereocenters. The zero-order chi connectivity index (χ0) is 12.4. The number of likely N-dealkylation sites (tertiary alicyclic amines) is 1. The Hall–Kier alpha value is -0.0800. The zero-order valence-electron chi connectivity index (χ0n) is 12.0. The molecule has 0 aromatic rings. The van der Waals surface area contributed by atoms with Gasteiger partial charge in [0, 0.05) is 24.7 Å². The Morgan fingerprint density at radius 2 is 1.94 bits per heavy atom.